The van der Waals surface area contributed by atoms with Crippen LogP contribution in [-0.2, 0) is 21.4 Å². The molecule has 2 aromatic carbocycles. The molecule has 0 unspecified atom stereocenters. The molecule has 1 fully saturated rings. The first kappa shape index (κ1) is 20.6. The maximum absolute atomic E-state index is 12.9. The van der Waals surface area contributed by atoms with Crippen molar-refractivity contribution in [2.45, 2.75) is 31.2 Å². The Morgan fingerprint density at radius 2 is 1.80 bits per heavy atom. The van der Waals surface area contributed by atoms with Gasteiger partial charge in [-0.05, 0) is 44.0 Å². The van der Waals surface area contributed by atoms with Gasteiger partial charge in [0.1, 0.15) is 5.82 Å². The maximum atomic E-state index is 12.9. The minimum Gasteiger partial charge on any atom is -0.340 e. The van der Waals surface area contributed by atoms with E-state index in [1.807, 2.05) is 31.2 Å². The van der Waals surface area contributed by atoms with Gasteiger partial charge in [0.25, 0.3) is 0 Å². The van der Waals surface area contributed by atoms with Gasteiger partial charge in [-0.1, -0.05) is 29.8 Å². The van der Waals surface area contributed by atoms with Crippen molar-refractivity contribution in [1.82, 2.24) is 19.2 Å². The number of rotatable bonds is 5. The van der Waals surface area contributed by atoms with Crippen LogP contribution in [0.15, 0.2) is 53.4 Å². The largest absolute Gasteiger partial charge is 0.340 e. The van der Waals surface area contributed by atoms with Crippen LogP contribution in [0.3, 0.4) is 0 Å². The molecule has 158 valence electrons. The second-order valence-electron chi connectivity index (χ2n) is 7.89. The molecule has 3 aromatic rings. The lowest BCUT2D eigenvalue weighted by molar-refractivity contribution is -0.136. The second-order valence-corrected chi connectivity index (χ2v) is 9.82. The highest BCUT2D eigenvalue weighted by Crippen LogP contribution is 2.25. The lowest BCUT2D eigenvalue weighted by atomic mass is 9.97. The summed E-state index contributed by atoms with van der Waals surface area (Å²) >= 11 is 0. The molecule has 0 spiro atoms. The number of hydrogen-bond donors (Lipinski definition) is 1. The Morgan fingerprint density at radius 3 is 2.47 bits per heavy atom. The quantitative estimate of drug-likeness (QED) is 0.680. The van der Waals surface area contributed by atoms with Crippen molar-refractivity contribution >= 4 is 27.0 Å². The minimum absolute atomic E-state index is 0.0304. The molecule has 4 rings (SSSR count). The van der Waals surface area contributed by atoms with Gasteiger partial charge >= 0.3 is 0 Å². The maximum Gasteiger partial charge on any atom is 0.243 e. The highest BCUT2D eigenvalue weighted by Gasteiger charge is 2.33. The van der Waals surface area contributed by atoms with Crippen LogP contribution < -0.4 is 0 Å². The van der Waals surface area contributed by atoms with Gasteiger partial charge in [-0.3, -0.25) is 4.79 Å². The Morgan fingerprint density at radius 1 is 1.13 bits per heavy atom. The number of imidazole rings is 1. The fourth-order valence-corrected chi connectivity index (χ4v) is 5.37. The van der Waals surface area contributed by atoms with E-state index < -0.39 is 10.0 Å². The Labute approximate surface area is 176 Å². The van der Waals surface area contributed by atoms with Crippen LogP contribution in [0.25, 0.3) is 11.0 Å². The minimum atomic E-state index is -3.52. The van der Waals surface area contributed by atoms with Crippen molar-refractivity contribution in [1.29, 1.82) is 0 Å². The molecule has 1 saturated heterocycles. The summed E-state index contributed by atoms with van der Waals surface area (Å²) in [5.41, 5.74) is 2.84. The normalized spacial score (nSPS) is 16.1. The molecular weight excluding hydrogens is 400 g/mol. The number of sulfonamides is 1. The summed E-state index contributed by atoms with van der Waals surface area (Å²) in [6.07, 6.45) is 1.04. The number of nitrogens with zero attached hydrogens (tertiary/aromatic N) is 3. The Balaban J connectivity index is 1.37. The number of nitrogens with one attached hydrogen (secondary N) is 1. The van der Waals surface area contributed by atoms with Crippen molar-refractivity contribution in [2.24, 2.45) is 5.92 Å². The van der Waals surface area contributed by atoms with Crippen LogP contribution in [0.4, 0.5) is 0 Å². The highest BCUT2D eigenvalue weighted by molar-refractivity contribution is 7.89. The molecule has 0 bridgehead atoms. The first-order valence-corrected chi connectivity index (χ1v) is 11.5. The smallest absolute Gasteiger partial charge is 0.243 e. The molecule has 1 aliphatic rings. The first-order chi connectivity index (χ1) is 14.3. The van der Waals surface area contributed by atoms with Gasteiger partial charge in [0, 0.05) is 26.1 Å². The number of amides is 1. The zero-order chi connectivity index (χ0) is 21.3. The van der Waals surface area contributed by atoms with Crippen LogP contribution in [-0.4, -0.2) is 53.6 Å². The summed E-state index contributed by atoms with van der Waals surface area (Å²) in [5, 5.41) is 0. The van der Waals surface area contributed by atoms with Crippen LogP contribution in [0.2, 0.25) is 0 Å². The molecular formula is C22H26N4O3S. The summed E-state index contributed by atoms with van der Waals surface area (Å²) in [7, 11) is -1.75. The van der Waals surface area contributed by atoms with E-state index in [1.165, 1.54) is 4.31 Å². The number of carbonyl (C=O) groups is 1. The molecule has 1 amide bonds. The molecule has 2 heterocycles. The van der Waals surface area contributed by atoms with Gasteiger partial charge in [0.15, 0.2) is 0 Å². The van der Waals surface area contributed by atoms with Crippen molar-refractivity contribution < 1.29 is 13.2 Å². The van der Waals surface area contributed by atoms with Crippen LogP contribution >= 0.6 is 0 Å². The molecule has 1 aromatic heterocycles. The fraction of sp³-hybridized carbons (Fsp3) is 0.364. The summed E-state index contributed by atoms with van der Waals surface area (Å²) in [5.74, 6) is 0.595. The number of aromatic nitrogens is 2. The summed E-state index contributed by atoms with van der Waals surface area (Å²) in [4.78, 5) is 22.6. The standard InChI is InChI=1S/C22H26N4O3S/c1-16-7-9-18(10-8-16)30(28,29)26-13-11-17(12-14-26)22(27)25(2)15-21-23-19-5-3-4-6-20(19)24-21/h3-10,17H,11-15H2,1-2H3,(H,23,24). The molecule has 0 atom stereocenters. The first-order valence-electron chi connectivity index (χ1n) is 10.1. The van der Waals surface area contributed by atoms with Gasteiger partial charge < -0.3 is 9.88 Å². The van der Waals surface area contributed by atoms with Gasteiger partial charge in [-0.15, -0.1) is 0 Å². The predicted octanol–water partition coefficient (Wildman–Crippen LogP) is 2.93. The van der Waals surface area contributed by atoms with Gasteiger partial charge in [-0.25, -0.2) is 13.4 Å². The third-order valence-corrected chi connectivity index (χ3v) is 7.58. The predicted molar refractivity (Wildman–Crippen MR) is 115 cm³/mol. The molecule has 7 nitrogen and oxygen atoms in total. The zero-order valence-electron chi connectivity index (χ0n) is 17.2. The average Bonchev–Trinajstić information content (AvgIpc) is 3.16. The molecule has 1 aliphatic heterocycles. The topological polar surface area (TPSA) is 86.4 Å². The van der Waals surface area contributed by atoms with Crippen LogP contribution in [0.5, 0.6) is 0 Å². The lowest BCUT2D eigenvalue weighted by Crippen LogP contribution is -2.43. The van der Waals surface area contributed by atoms with E-state index in [0.29, 0.717) is 37.4 Å². The van der Waals surface area contributed by atoms with Gasteiger partial charge in [0.2, 0.25) is 15.9 Å². The number of aromatic amines is 1. The van der Waals surface area contributed by atoms with Gasteiger partial charge in [0.05, 0.1) is 22.5 Å². The van der Waals surface area contributed by atoms with E-state index in [1.54, 1.807) is 36.2 Å². The van der Waals surface area contributed by atoms with Crippen LogP contribution in [0, 0.1) is 12.8 Å². The van der Waals surface area contributed by atoms with E-state index in [9.17, 15) is 13.2 Å². The van der Waals surface area contributed by atoms with Crippen molar-refractivity contribution in [3.05, 3.63) is 59.9 Å². The average molecular weight is 427 g/mol. The third kappa shape index (κ3) is 4.11. The Hall–Kier alpha value is -2.71. The third-order valence-electron chi connectivity index (χ3n) is 5.66. The van der Waals surface area contributed by atoms with E-state index in [4.69, 9.17) is 0 Å². The number of piperidine rings is 1. The number of para-hydroxylation sites is 2. The lowest BCUT2D eigenvalue weighted by Gasteiger charge is -2.32. The van der Waals surface area contributed by atoms with E-state index >= 15 is 0 Å². The molecule has 0 radical (unpaired) electrons. The number of carbonyl (C=O) groups excluding carboxylic acids is 1. The van der Waals surface area contributed by atoms with Crippen molar-refractivity contribution in [3.8, 4) is 0 Å². The SMILES string of the molecule is Cc1ccc(S(=O)(=O)N2CCC(C(=O)N(C)Cc3nc4ccccc4[nH]3)CC2)cc1. The number of fused-ring (bicyclic) bond motifs is 1. The number of benzene rings is 2. The fourth-order valence-electron chi connectivity index (χ4n) is 3.90. The Kier molecular flexibility index (Phi) is 5.62. The molecule has 0 aliphatic carbocycles. The summed E-state index contributed by atoms with van der Waals surface area (Å²) in [6, 6.07) is 14.6. The molecule has 8 heteroatoms. The van der Waals surface area contributed by atoms with Crippen LogP contribution in [0.1, 0.15) is 24.2 Å². The molecule has 0 saturated carbocycles. The number of H-pyrrole nitrogens is 1. The van der Waals surface area contributed by atoms with Gasteiger partial charge in [-0.2, -0.15) is 4.31 Å². The second kappa shape index (κ2) is 8.20. The summed E-state index contributed by atoms with van der Waals surface area (Å²) in [6.45, 7) is 3.03. The molecule has 1 N–H and O–H groups in total. The molecule has 30 heavy (non-hydrogen) atoms. The van der Waals surface area contributed by atoms with Crippen molar-refractivity contribution in [2.75, 3.05) is 20.1 Å². The van der Waals surface area contributed by atoms with E-state index in [-0.39, 0.29) is 11.8 Å². The van der Waals surface area contributed by atoms with E-state index in [2.05, 4.69) is 9.97 Å². The van der Waals surface area contributed by atoms with E-state index in [0.717, 1.165) is 22.4 Å². The summed E-state index contributed by atoms with van der Waals surface area (Å²) < 4.78 is 27.2. The Bertz CT molecular complexity index is 1110. The van der Waals surface area contributed by atoms with Crippen molar-refractivity contribution in [3.63, 3.8) is 0 Å². The zero-order valence-corrected chi connectivity index (χ0v) is 18.0. The monoisotopic (exact) mass is 426 g/mol. The number of aryl methyl sites for hydroxylation is 1. The number of hydrogen-bond acceptors (Lipinski definition) is 4. The highest BCUT2D eigenvalue weighted by atomic mass is 32.2.